The molecule has 1 aromatic rings. The first-order chi connectivity index (χ1) is 11.2. The zero-order chi connectivity index (χ0) is 16.2. The topological polar surface area (TPSA) is 32.8 Å². The van der Waals surface area contributed by atoms with Gasteiger partial charge in [0.05, 0.1) is 12.3 Å². The molecule has 2 fully saturated rings. The normalized spacial score (nSPS) is 22.7. The third kappa shape index (κ3) is 3.87. The maximum Gasteiger partial charge on any atom is 0.247 e. The molecule has 0 bridgehead atoms. The molecule has 3 rings (SSSR count). The summed E-state index contributed by atoms with van der Waals surface area (Å²) in [5, 5.41) is -0.0767. The highest BCUT2D eigenvalue weighted by Gasteiger charge is 2.38. The third-order valence-corrected chi connectivity index (χ3v) is 5.69. The van der Waals surface area contributed by atoms with E-state index in [-0.39, 0.29) is 11.2 Å². The van der Waals surface area contributed by atoms with Crippen LogP contribution in [-0.2, 0) is 4.79 Å². The van der Waals surface area contributed by atoms with Crippen LogP contribution in [-0.4, -0.2) is 46.6 Å². The second-order valence-electron chi connectivity index (χ2n) is 5.83. The zero-order valence-corrected chi connectivity index (χ0v) is 15.0. The lowest BCUT2D eigenvalue weighted by Gasteiger charge is -2.27. The Labute approximate surface area is 147 Å². The van der Waals surface area contributed by atoms with E-state index in [1.807, 2.05) is 31.2 Å². The number of rotatable bonds is 5. The van der Waals surface area contributed by atoms with E-state index < -0.39 is 0 Å². The first-order valence-corrected chi connectivity index (χ1v) is 9.47. The van der Waals surface area contributed by atoms with Crippen LogP contribution in [0.2, 0.25) is 0 Å². The van der Waals surface area contributed by atoms with Crippen molar-refractivity contribution in [2.24, 2.45) is 0 Å². The molecule has 2 heterocycles. The molecule has 1 atom stereocenters. The molecule has 4 nitrogen and oxygen atoms in total. The molecule has 2 aliphatic heterocycles. The number of amides is 1. The fraction of sp³-hybridized carbons (Fsp3) is 0.529. The van der Waals surface area contributed by atoms with E-state index in [2.05, 4.69) is 4.90 Å². The lowest BCUT2D eigenvalue weighted by molar-refractivity contribution is -0.117. The van der Waals surface area contributed by atoms with Crippen molar-refractivity contribution in [1.82, 2.24) is 4.90 Å². The number of thiocarbonyl (C=S) groups is 1. The van der Waals surface area contributed by atoms with Crippen molar-refractivity contribution in [1.29, 1.82) is 0 Å². The molecule has 0 spiro atoms. The number of piperidine rings is 1. The van der Waals surface area contributed by atoms with Gasteiger partial charge in [-0.15, -0.1) is 0 Å². The van der Waals surface area contributed by atoms with Gasteiger partial charge in [-0.2, -0.15) is 0 Å². The first-order valence-electron chi connectivity index (χ1n) is 8.19. The quantitative estimate of drug-likeness (QED) is 0.761. The molecule has 6 heteroatoms. The molecule has 0 N–H and O–H groups in total. The van der Waals surface area contributed by atoms with Gasteiger partial charge in [-0.05, 0) is 57.1 Å². The Morgan fingerprint density at radius 3 is 2.57 bits per heavy atom. The number of anilines is 1. The molecule has 124 valence electrons. The second kappa shape index (κ2) is 7.64. The standard InChI is InChI=1S/C17H22N2O2S2/c1-2-21-14-8-6-13(7-9-14)19-16(20)15(23-17(19)22)12-18-10-4-3-5-11-18/h6-9,15H,2-5,10-12H2,1H3. The summed E-state index contributed by atoms with van der Waals surface area (Å²) < 4.78 is 6.10. The molecule has 0 saturated carbocycles. The number of hydrogen-bond donors (Lipinski definition) is 0. The average Bonchev–Trinajstić information content (AvgIpc) is 2.84. The Kier molecular flexibility index (Phi) is 5.56. The van der Waals surface area contributed by atoms with E-state index in [1.54, 1.807) is 4.90 Å². The number of likely N-dealkylation sites (tertiary alicyclic amines) is 1. The lowest BCUT2D eigenvalue weighted by Crippen LogP contribution is -2.40. The van der Waals surface area contributed by atoms with Crippen molar-refractivity contribution in [3.05, 3.63) is 24.3 Å². The van der Waals surface area contributed by atoms with E-state index in [4.69, 9.17) is 17.0 Å². The number of benzene rings is 1. The number of hydrogen-bond acceptors (Lipinski definition) is 5. The zero-order valence-electron chi connectivity index (χ0n) is 13.4. The van der Waals surface area contributed by atoms with Crippen LogP contribution in [0.4, 0.5) is 5.69 Å². The number of carbonyl (C=O) groups is 1. The predicted octanol–water partition coefficient (Wildman–Crippen LogP) is 3.30. The van der Waals surface area contributed by atoms with Gasteiger partial charge in [0.25, 0.3) is 0 Å². The summed E-state index contributed by atoms with van der Waals surface area (Å²) in [6.45, 7) is 5.58. The van der Waals surface area contributed by atoms with Crippen LogP contribution in [0.5, 0.6) is 5.75 Å². The van der Waals surface area contributed by atoms with Crippen LogP contribution in [0.25, 0.3) is 0 Å². The highest BCUT2D eigenvalue weighted by molar-refractivity contribution is 8.25. The molecular weight excluding hydrogens is 328 g/mol. The summed E-state index contributed by atoms with van der Waals surface area (Å²) >= 11 is 6.97. The molecule has 2 aliphatic rings. The SMILES string of the molecule is CCOc1ccc(N2C(=O)C(CN3CCCCC3)SC2=S)cc1. The van der Waals surface area contributed by atoms with Gasteiger partial charge in [0.15, 0.2) is 0 Å². The number of ether oxygens (including phenoxy) is 1. The first kappa shape index (κ1) is 16.7. The smallest absolute Gasteiger partial charge is 0.247 e. The fourth-order valence-corrected chi connectivity index (χ4v) is 4.62. The van der Waals surface area contributed by atoms with Gasteiger partial charge in [-0.1, -0.05) is 30.4 Å². The Balaban J connectivity index is 1.68. The molecule has 0 radical (unpaired) electrons. The number of carbonyl (C=O) groups excluding carboxylic acids is 1. The average molecular weight is 351 g/mol. The van der Waals surface area contributed by atoms with Gasteiger partial charge in [-0.3, -0.25) is 9.69 Å². The van der Waals surface area contributed by atoms with Crippen LogP contribution in [0.15, 0.2) is 24.3 Å². The van der Waals surface area contributed by atoms with Gasteiger partial charge in [0.2, 0.25) is 5.91 Å². The summed E-state index contributed by atoms with van der Waals surface area (Å²) in [7, 11) is 0. The summed E-state index contributed by atoms with van der Waals surface area (Å²) in [6.07, 6.45) is 3.77. The summed E-state index contributed by atoms with van der Waals surface area (Å²) in [4.78, 5) is 16.8. The van der Waals surface area contributed by atoms with Gasteiger partial charge in [0.1, 0.15) is 15.3 Å². The Bertz CT molecular complexity index is 570. The molecule has 1 amide bonds. The Morgan fingerprint density at radius 1 is 1.22 bits per heavy atom. The molecule has 0 aliphatic carbocycles. The lowest BCUT2D eigenvalue weighted by atomic mass is 10.1. The molecular formula is C17H22N2O2S2. The highest BCUT2D eigenvalue weighted by Crippen LogP contribution is 2.33. The minimum absolute atomic E-state index is 0.0767. The predicted molar refractivity (Wildman–Crippen MR) is 99.4 cm³/mol. The monoisotopic (exact) mass is 350 g/mol. The molecule has 1 aromatic carbocycles. The van der Waals surface area contributed by atoms with Crippen LogP contribution >= 0.6 is 24.0 Å². The largest absolute Gasteiger partial charge is 0.494 e. The van der Waals surface area contributed by atoms with Crippen molar-refractivity contribution in [3.63, 3.8) is 0 Å². The minimum Gasteiger partial charge on any atom is -0.494 e. The third-order valence-electron chi connectivity index (χ3n) is 4.20. The van der Waals surface area contributed by atoms with Crippen LogP contribution in [0.1, 0.15) is 26.2 Å². The number of thioether (sulfide) groups is 1. The maximum atomic E-state index is 12.8. The van der Waals surface area contributed by atoms with Crippen molar-refractivity contribution in [3.8, 4) is 5.75 Å². The van der Waals surface area contributed by atoms with E-state index in [0.29, 0.717) is 10.9 Å². The van der Waals surface area contributed by atoms with E-state index in [9.17, 15) is 4.79 Å². The van der Waals surface area contributed by atoms with Crippen molar-refractivity contribution in [2.45, 2.75) is 31.4 Å². The number of nitrogens with zero attached hydrogens (tertiary/aromatic N) is 2. The van der Waals surface area contributed by atoms with E-state index in [0.717, 1.165) is 31.1 Å². The van der Waals surface area contributed by atoms with Crippen molar-refractivity contribution < 1.29 is 9.53 Å². The Hall–Kier alpha value is -1.11. The van der Waals surface area contributed by atoms with Gasteiger partial charge >= 0.3 is 0 Å². The molecule has 1 unspecified atom stereocenters. The highest BCUT2D eigenvalue weighted by atomic mass is 32.2. The maximum absolute atomic E-state index is 12.8. The molecule has 2 saturated heterocycles. The van der Waals surface area contributed by atoms with Gasteiger partial charge in [-0.25, -0.2) is 0 Å². The van der Waals surface area contributed by atoms with E-state index in [1.165, 1.54) is 31.0 Å². The molecule has 23 heavy (non-hydrogen) atoms. The van der Waals surface area contributed by atoms with Crippen LogP contribution in [0, 0.1) is 0 Å². The Morgan fingerprint density at radius 2 is 1.91 bits per heavy atom. The minimum atomic E-state index is -0.0767. The van der Waals surface area contributed by atoms with Crippen molar-refractivity contribution in [2.75, 3.05) is 31.1 Å². The van der Waals surface area contributed by atoms with Gasteiger partial charge in [0, 0.05) is 6.54 Å². The van der Waals surface area contributed by atoms with Gasteiger partial charge < -0.3 is 9.64 Å². The van der Waals surface area contributed by atoms with Crippen LogP contribution < -0.4 is 9.64 Å². The summed E-state index contributed by atoms with van der Waals surface area (Å²) in [5.74, 6) is 0.918. The van der Waals surface area contributed by atoms with E-state index >= 15 is 0 Å². The second-order valence-corrected chi connectivity index (χ2v) is 7.67. The summed E-state index contributed by atoms with van der Waals surface area (Å²) in [5.41, 5.74) is 0.831. The summed E-state index contributed by atoms with van der Waals surface area (Å²) in [6, 6.07) is 7.58. The van der Waals surface area contributed by atoms with Crippen LogP contribution in [0.3, 0.4) is 0 Å². The molecule has 0 aromatic heterocycles. The van der Waals surface area contributed by atoms with Crippen molar-refractivity contribution >= 4 is 39.9 Å². The fourth-order valence-electron chi connectivity index (χ4n) is 3.04.